The Balaban J connectivity index is 0. The van der Waals surface area contributed by atoms with Gasteiger partial charge in [-0.15, -0.1) is 12.8 Å². The number of rotatable bonds is 10. The van der Waals surface area contributed by atoms with E-state index in [1.54, 1.807) is 0 Å². The average Bonchev–Trinajstić information content (AvgIpc) is 3.30. The number of benzene rings is 1. The molecule has 190 valence electrons. The fourth-order valence-electron chi connectivity index (χ4n) is 3.17. The molecule has 2 rings (SSSR count). The van der Waals surface area contributed by atoms with Crippen molar-refractivity contribution < 1.29 is 4.79 Å². The summed E-state index contributed by atoms with van der Waals surface area (Å²) in [5.74, 6) is -0.322. The van der Waals surface area contributed by atoms with E-state index in [4.69, 9.17) is 5.26 Å². The number of nitrogens with one attached hydrogen (secondary N) is 2. The predicted molar refractivity (Wildman–Crippen MR) is 152 cm³/mol. The Labute approximate surface area is 213 Å². The Morgan fingerprint density at radius 3 is 2.34 bits per heavy atom. The molecule has 0 fully saturated rings. The molecule has 0 saturated heterocycles. The third-order valence-electron chi connectivity index (χ3n) is 4.93. The van der Waals surface area contributed by atoms with E-state index in [0.29, 0.717) is 0 Å². The quantitative estimate of drug-likeness (QED) is 0.172. The van der Waals surface area contributed by atoms with Gasteiger partial charge in [0.05, 0.1) is 0 Å². The van der Waals surface area contributed by atoms with Gasteiger partial charge in [-0.2, -0.15) is 5.26 Å². The van der Waals surface area contributed by atoms with Crippen LogP contribution in [0.5, 0.6) is 0 Å². The van der Waals surface area contributed by atoms with Crippen LogP contribution in [0, 0.1) is 24.3 Å². The van der Waals surface area contributed by atoms with Gasteiger partial charge in [-0.25, -0.2) is 0 Å². The maximum absolute atomic E-state index is 9.71. The lowest BCUT2D eigenvalue weighted by Crippen LogP contribution is -2.29. The van der Waals surface area contributed by atoms with Crippen LogP contribution in [-0.4, -0.2) is 35.4 Å². The smallest absolute Gasteiger partial charge is 0.229 e. The molecule has 0 aliphatic heterocycles. The fraction of sp³-hybridized carbons (Fsp3) is 0.400. The summed E-state index contributed by atoms with van der Waals surface area (Å²) in [6.07, 6.45) is 21.4. The van der Waals surface area contributed by atoms with Gasteiger partial charge in [0.25, 0.3) is 0 Å². The number of terminal acetylenes is 1. The van der Waals surface area contributed by atoms with Gasteiger partial charge >= 0.3 is 0 Å². The number of allylic oxidation sites excluding steroid dienone is 4. The van der Waals surface area contributed by atoms with Crippen LogP contribution in [0.4, 0.5) is 0 Å². The Bertz CT molecular complexity index is 973. The molecule has 1 aromatic heterocycles. The Morgan fingerprint density at radius 2 is 1.83 bits per heavy atom. The summed E-state index contributed by atoms with van der Waals surface area (Å²) in [5.41, 5.74) is 5.35. The minimum Gasteiger partial charge on any atom is -0.361 e. The largest absolute Gasteiger partial charge is 0.361 e. The van der Waals surface area contributed by atoms with Crippen LogP contribution in [0.25, 0.3) is 10.9 Å². The van der Waals surface area contributed by atoms with E-state index >= 15 is 0 Å². The van der Waals surface area contributed by atoms with Crippen LogP contribution in [0.2, 0.25) is 0 Å². The molecule has 0 radical (unpaired) electrons. The van der Waals surface area contributed by atoms with Crippen molar-refractivity contribution in [3.8, 4) is 19.0 Å². The molecule has 5 heteroatoms. The minimum atomic E-state index is -0.322. The summed E-state index contributed by atoms with van der Waals surface area (Å²) in [6.45, 7) is 19.0. The molecular formula is C30H44N4O. The van der Waals surface area contributed by atoms with Crippen molar-refractivity contribution in [2.45, 2.75) is 60.8 Å². The van der Waals surface area contributed by atoms with Crippen LogP contribution < -0.4 is 5.32 Å². The Morgan fingerprint density at radius 1 is 1.17 bits per heavy atom. The van der Waals surface area contributed by atoms with Gasteiger partial charge in [-0.1, -0.05) is 81.8 Å². The molecule has 2 aromatic rings. The van der Waals surface area contributed by atoms with Crippen molar-refractivity contribution >= 4 is 16.8 Å². The van der Waals surface area contributed by atoms with Crippen LogP contribution in [0.15, 0.2) is 66.4 Å². The molecular weight excluding hydrogens is 432 g/mol. The molecule has 0 aliphatic rings. The minimum absolute atomic E-state index is 0.322. The van der Waals surface area contributed by atoms with E-state index in [-0.39, 0.29) is 5.91 Å². The highest BCUT2D eigenvalue weighted by Crippen LogP contribution is 2.18. The molecule has 5 nitrogen and oxygen atoms in total. The number of H-pyrrole nitrogens is 1. The molecule has 0 saturated carbocycles. The van der Waals surface area contributed by atoms with Crippen LogP contribution in [0.1, 0.15) is 59.9 Å². The number of amides is 1. The van der Waals surface area contributed by atoms with E-state index in [1.165, 1.54) is 47.2 Å². The van der Waals surface area contributed by atoms with Gasteiger partial charge in [0.1, 0.15) is 0 Å². The van der Waals surface area contributed by atoms with Crippen molar-refractivity contribution in [1.29, 1.82) is 5.26 Å². The number of fused-ring (bicyclic) bond motifs is 1. The maximum Gasteiger partial charge on any atom is 0.229 e. The Hall–Kier alpha value is -3.54. The first kappa shape index (κ1) is 33.6. The van der Waals surface area contributed by atoms with Crippen molar-refractivity contribution in [3.63, 3.8) is 0 Å². The topological polar surface area (TPSA) is 71.9 Å². The first-order valence-corrected chi connectivity index (χ1v) is 12.2. The number of aromatic nitrogens is 1. The zero-order chi connectivity index (χ0) is 27.1. The highest BCUT2D eigenvalue weighted by molar-refractivity contribution is 5.83. The number of para-hydroxylation sites is 1. The van der Waals surface area contributed by atoms with Gasteiger partial charge in [-0.3, -0.25) is 15.0 Å². The van der Waals surface area contributed by atoms with E-state index in [0.717, 1.165) is 32.5 Å². The number of hydrogen-bond acceptors (Lipinski definition) is 3. The molecule has 0 spiro atoms. The standard InChI is InChI=1S/C23H32N2.C3H4N2O.C2H6.C2H2/c1-5-15-25(18-20(7-3)13-12-19(4)6-2)16-14-21-17-24-23-11-9-8-10-22(21)23;1-3(6)5-2-4;2*1-2/h6,8-13,17,24H,2,5,7,14-16,18H2,1,3-4H3;1H3,(H,5,6);1-2H3;1-2H/b19-12+,20-13+;;;. The maximum atomic E-state index is 9.71. The van der Waals surface area contributed by atoms with E-state index in [2.05, 4.69) is 92.7 Å². The Kier molecular flexibility index (Phi) is 21.4. The molecule has 2 N–H and O–H groups in total. The summed E-state index contributed by atoms with van der Waals surface area (Å²) in [5, 5.41) is 10.9. The number of carbonyl (C=O) groups is 1. The molecule has 0 bridgehead atoms. The van der Waals surface area contributed by atoms with Crippen LogP contribution in [-0.2, 0) is 11.2 Å². The van der Waals surface area contributed by atoms with Gasteiger partial charge < -0.3 is 4.98 Å². The second-order valence-corrected chi connectivity index (χ2v) is 7.47. The summed E-state index contributed by atoms with van der Waals surface area (Å²) < 4.78 is 0. The van der Waals surface area contributed by atoms with Gasteiger partial charge in [0.2, 0.25) is 5.91 Å². The highest BCUT2D eigenvalue weighted by Gasteiger charge is 2.09. The molecule has 35 heavy (non-hydrogen) atoms. The average molecular weight is 477 g/mol. The third kappa shape index (κ3) is 15.1. The highest BCUT2D eigenvalue weighted by atomic mass is 16.1. The zero-order valence-corrected chi connectivity index (χ0v) is 22.5. The lowest BCUT2D eigenvalue weighted by Gasteiger charge is -2.23. The number of nitrogens with zero attached hydrogens (tertiary/aromatic N) is 2. The van der Waals surface area contributed by atoms with Crippen molar-refractivity contribution in [2.75, 3.05) is 19.6 Å². The summed E-state index contributed by atoms with van der Waals surface area (Å²) in [7, 11) is 0. The summed E-state index contributed by atoms with van der Waals surface area (Å²) in [6, 6.07) is 8.57. The normalized spacial score (nSPS) is 10.5. The predicted octanol–water partition coefficient (Wildman–Crippen LogP) is 6.77. The summed E-state index contributed by atoms with van der Waals surface area (Å²) >= 11 is 0. The monoisotopic (exact) mass is 476 g/mol. The molecule has 1 amide bonds. The number of aromatic amines is 1. The molecule has 1 heterocycles. The lowest BCUT2D eigenvalue weighted by molar-refractivity contribution is -0.117. The molecule has 0 aliphatic carbocycles. The number of carbonyl (C=O) groups excluding carboxylic acids is 1. The first-order chi connectivity index (χ1) is 16.9. The molecule has 0 unspecified atom stereocenters. The van der Waals surface area contributed by atoms with Crippen LogP contribution >= 0.6 is 0 Å². The molecule has 1 aromatic carbocycles. The zero-order valence-electron chi connectivity index (χ0n) is 22.5. The number of hydrogen-bond donors (Lipinski definition) is 2. The van der Waals surface area contributed by atoms with Crippen LogP contribution in [0.3, 0.4) is 0 Å². The van der Waals surface area contributed by atoms with Crippen molar-refractivity contribution in [2.24, 2.45) is 0 Å². The molecule has 0 atom stereocenters. The third-order valence-corrected chi connectivity index (χ3v) is 4.93. The van der Waals surface area contributed by atoms with Gasteiger partial charge in [-0.05, 0) is 44.4 Å². The fourth-order valence-corrected chi connectivity index (χ4v) is 3.17. The van der Waals surface area contributed by atoms with Crippen molar-refractivity contribution in [1.82, 2.24) is 15.2 Å². The van der Waals surface area contributed by atoms with E-state index < -0.39 is 0 Å². The van der Waals surface area contributed by atoms with Gasteiger partial charge in [0.15, 0.2) is 6.19 Å². The first-order valence-electron chi connectivity index (χ1n) is 12.2. The second-order valence-electron chi connectivity index (χ2n) is 7.47. The number of nitriles is 1. The second kappa shape index (κ2) is 22.3. The van der Waals surface area contributed by atoms with E-state index in [9.17, 15) is 4.79 Å². The van der Waals surface area contributed by atoms with Gasteiger partial charge in [0, 0.05) is 37.1 Å². The lowest BCUT2D eigenvalue weighted by atomic mass is 10.1. The van der Waals surface area contributed by atoms with Crippen molar-refractivity contribution in [3.05, 3.63) is 72.0 Å². The van der Waals surface area contributed by atoms with E-state index in [1.807, 2.05) is 25.2 Å². The summed E-state index contributed by atoms with van der Waals surface area (Å²) in [4.78, 5) is 15.7. The SMILES string of the molecule is C#C.C=C/C(C)=C/C=C(\CC)CN(CCC)CCc1c[nH]c2ccccc12.CC.CC(=O)NC#N.